The van der Waals surface area contributed by atoms with Crippen molar-refractivity contribution in [1.82, 2.24) is 14.7 Å². The molecule has 0 spiro atoms. The summed E-state index contributed by atoms with van der Waals surface area (Å²) in [6.45, 7) is 3.45. The minimum Gasteiger partial charge on any atom is -0.374 e. The summed E-state index contributed by atoms with van der Waals surface area (Å²) < 4.78 is 0. The van der Waals surface area contributed by atoms with E-state index in [0.717, 1.165) is 5.56 Å². The van der Waals surface area contributed by atoms with E-state index in [1.54, 1.807) is 14.7 Å². The van der Waals surface area contributed by atoms with Crippen LogP contribution < -0.4 is 10.6 Å². The molecule has 0 aromatic heterocycles. The lowest BCUT2D eigenvalue weighted by Crippen LogP contribution is -2.48. The van der Waals surface area contributed by atoms with Gasteiger partial charge in [-0.2, -0.15) is 0 Å². The van der Waals surface area contributed by atoms with Crippen LogP contribution >= 0.6 is 0 Å². The second-order valence-electron chi connectivity index (χ2n) is 9.00. The van der Waals surface area contributed by atoms with Crippen LogP contribution in [0.1, 0.15) is 49.8 Å². The first kappa shape index (κ1) is 25.4. The van der Waals surface area contributed by atoms with Crippen molar-refractivity contribution in [2.24, 2.45) is 0 Å². The standard InChI is InChI=1S/C25H35N5O5/c1-17(31)28(14-8-16-30-23(33)19-10-3-5-12-21(19)27-25(30)35)13-6-7-15-29-22(32)18-9-2-4-11-20(18)26-24(29)34/h2-5,9-12,22-27,32-35H,6-8,13-16H2,1H3. The van der Waals surface area contributed by atoms with Crippen LogP contribution in [0.4, 0.5) is 11.4 Å². The zero-order valence-corrected chi connectivity index (χ0v) is 19.9. The van der Waals surface area contributed by atoms with Crippen molar-refractivity contribution in [2.75, 3.05) is 36.8 Å². The molecule has 2 aromatic rings. The summed E-state index contributed by atoms with van der Waals surface area (Å²) >= 11 is 0. The molecule has 10 heteroatoms. The first-order valence-corrected chi connectivity index (χ1v) is 12.1. The Morgan fingerprint density at radius 3 is 1.74 bits per heavy atom. The van der Waals surface area contributed by atoms with Gasteiger partial charge in [0.15, 0.2) is 12.7 Å². The maximum atomic E-state index is 12.2. The van der Waals surface area contributed by atoms with Crippen molar-refractivity contribution in [1.29, 1.82) is 0 Å². The van der Waals surface area contributed by atoms with Crippen molar-refractivity contribution >= 4 is 17.3 Å². The van der Waals surface area contributed by atoms with Crippen LogP contribution in [0.25, 0.3) is 0 Å². The predicted octanol–water partition coefficient (Wildman–Crippen LogP) is 1.39. The molecule has 35 heavy (non-hydrogen) atoms. The Morgan fingerprint density at radius 2 is 1.23 bits per heavy atom. The van der Waals surface area contributed by atoms with Gasteiger partial charge in [0.2, 0.25) is 5.91 Å². The quantitative estimate of drug-likeness (QED) is 0.292. The number of hydrogen-bond donors (Lipinski definition) is 6. The van der Waals surface area contributed by atoms with E-state index in [-0.39, 0.29) is 5.91 Å². The number of rotatable bonds is 9. The van der Waals surface area contributed by atoms with Gasteiger partial charge in [0.05, 0.1) is 0 Å². The van der Waals surface area contributed by atoms with Crippen molar-refractivity contribution in [2.45, 2.75) is 51.3 Å². The van der Waals surface area contributed by atoms with E-state index in [2.05, 4.69) is 10.6 Å². The monoisotopic (exact) mass is 485 g/mol. The van der Waals surface area contributed by atoms with Gasteiger partial charge in [0, 0.05) is 55.6 Å². The molecule has 0 aliphatic carbocycles. The van der Waals surface area contributed by atoms with Gasteiger partial charge in [-0.25, -0.2) is 9.80 Å². The molecule has 0 saturated carbocycles. The highest BCUT2D eigenvalue weighted by atomic mass is 16.3. The summed E-state index contributed by atoms with van der Waals surface area (Å²) in [6, 6.07) is 14.7. The van der Waals surface area contributed by atoms with Crippen molar-refractivity contribution < 1.29 is 25.2 Å². The van der Waals surface area contributed by atoms with Gasteiger partial charge in [-0.3, -0.25) is 4.79 Å². The number of amides is 1. The number of aliphatic hydroxyl groups is 4. The number of benzene rings is 2. The lowest BCUT2D eigenvalue weighted by Gasteiger charge is -2.39. The SMILES string of the molecule is CC(=O)N(CCCCN1C(O)Nc2ccccc2C1O)CCCN1C(O)Nc2ccccc2C1O. The lowest BCUT2D eigenvalue weighted by atomic mass is 10.1. The summed E-state index contributed by atoms with van der Waals surface area (Å²) in [5.74, 6) is -0.0400. The van der Waals surface area contributed by atoms with Crippen LogP contribution in [0.15, 0.2) is 48.5 Å². The van der Waals surface area contributed by atoms with Gasteiger partial charge < -0.3 is 36.0 Å². The molecule has 0 radical (unpaired) electrons. The average molecular weight is 486 g/mol. The lowest BCUT2D eigenvalue weighted by molar-refractivity contribution is -0.129. The molecule has 4 atom stereocenters. The van der Waals surface area contributed by atoms with E-state index >= 15 is 0 Å². The number of nitrogens with zero attached hydrogens (tertiary/aromatic N) is 3. The van der Waals surface area contributed by atoms with Gasteiger partial charge in [-0.05, 0) is 31.4 Å². The van der Waals surface area contributed by atoms with E-state index in [1.165, 1.54) is 6.92 Å². The smallest absolute Gasteiger partial charge is 0.219 e. The van der Waals surface area contributed by atoms with Gasteiger partial charge in [0.25, 0.3) is 0 Å². The van der Waals surface area contributed by atoms with E-state index in [0.29, 0.717) is 62.4 Å². The number of unbranched alkanes of at least 4 members (excludes halogenated alkanes) is 1. The molecule has 0 saturated heterocycles. The van der Waals surface area contributed by atoms with Crippen LogP contribution in [0.5, 0.6) is 0 Å². The number of para-hydroxylation sites is 2. The number of fused-ring (bicyclic) bond motifs is 2. The zero-order valence-electron chi connectivity index (χ0n) is 19.9. The summed E-state index contributed by atoms with van der Waals surface area (Å²) in [5, 5.41) is 48.0. The van der Waals surface area contributed by atoms with Crippen LogP contribution in [-0.4, -0.2) is 79.9 Å². The maximum Gasteiger partial charge on any atom is 0.219 e. The second kappa shape index (κ2) is 11.3. The van der Waals surface area contributed by atoms with Crippen LogP contribution in [0.2, 0.25) is 0 Å². The van der Waals surface area contributed by atoms with Gasteiger partial charge in [0.1, 0.15) is 12.5 Å². The average Bonchev–Trinajstić information content (AvgIpc) is 2.84. The van der Waals surface area contributed by atoms with E-state index in [9.17, 15) is 25.2 Å². The summed E-state index contributed by atoms with van der Waals surface area (Å²) in [5.41, 5.74) is 2.86. The number of anilines is 2. The van der Waals surface area contributed by atoms with E-state index < -0.39 is 25.2 Å². The zero-order chi connectivity index (χ0) is 24.9. The molecule has 190 valence electrons. The molecular weight excluding hydrogens is 450 g/mol. The predicted molar refractivity (Wildman–Crippen MR) is 132 cm³/mol. The van der Waals surface area contributed by atoms with Crippen molar-refractivity contribution in [3.8, 4) is 0 Å². The topological polar surface area (TPSA) is 132 Å². The molecular formula is C25H35N5O5. The molecule has 1 amide bonds. The molecule has 0 bridgehead atoms. The number of hydrogen-bond acceptors (Lipinski definition) is 9. The minimum absolute atomic E-state index is 0.0400. The van der Waals surface area contributed by atoms with Gasteiger partial charge in [-0.1, -0.05) is 36.4 Å². The highest BCUT2D eigenvalue weighted by Crippen LogP contribution is 2.33. The molecule has 10 nitrogen and oxygen atoms in total. The van der Waals surface area contributed by atoms with E-state index in [4.69, 9.17) is 0 Å². The fourth-order valence-corrected chi connectivity index (χ4v) is 4.73. The largest absolute Gasteiger partial charge is 0.374 e. The molecule has 4 rings (SSSR count). The molecule has 2 aliphatic heterocycles. The van der Waals surface area contributed by atoms with Crippen molar-refractivity contribution in [3.05, 3.63) is 59.7 Å². The van der Waals surface area contributed by atoms with Gasteiger partial charge in [-0.15, -0.1) is 0 Å². The summed E-state index contributed by atoms with van der Waals surface area (Å²) in [6.07, 6.45) is -1.83. The summed E-state index contributed by atoms with van der Waals surface area (Å²) in [4.78, 5) is 17.1. The first-order valence-electron chi connectivity index (χ1n) is 12.1. The second-order valence-corrected chi connectivity index (χ2v) is 9.00. The first-order chi connectivity index (χ1) is 16.9. The third-order valence-electron chi connectivity index (χ3n) is 6.69. The molecule has 0 fully saturated rings. The number of carbonyl (C=O) groups excluding carboxylic acids is 1. The van der Waals surface area contributed by atoms with Crippen molar-refractivity contribution in [3.63, 3.8) is 0 Å². The van der Waals surface area contributed by atoms with Crippen LogP contribution in [-0.2, 0) is 4.79 Å². The molecule has 2 aliphatic rings. The third kappa shape index (κ3) is 5.75. The Balaban J connectivity index is 1.23. The third-order valence-corrected chi connectivity index (χ3v) is 6.69. The van der Waals surface area contributed by atoms with Crippen LogP contribution in [0, 0.1) is 0 Å². The molecule has 6 N–H and O–H groups in total. The molecule has 2 heterocycles. The fourth-order valence-electron chi connectivity index (χ4n) is 4.73. The summed E-state index contributed by atoms with van der Waals surface area (Å²) in [7, 11) is 0. The molecule has 2 aromatic carbocycles. The van der Waals surface area contributed by atoms with Gasteiger partial charge >= 0.3 is 0 Å². The Hall–Kier alpha value is -2.73. The highest BCUT2D eigenvalue weighted by Gasteiger charge is 2.32. The number of carbonyl (C=O) groups is 1. The Morgan fingerprint density at radius 1 is 0.771 bits per heavy atom. The Kier molecular flexibility index (Phi) is 8.22. The van der Waals surface area contributed by atoms with E-state index in [1.807, 2.05) is 48.5 Å². The maximum absolute atomic E-state index is 12.2. The Bertz CT molecular complexity index is 1010. The Labute approximate surface area is 205 Å². The fraction of sp³-hybridized carbons (Fsp3) is 0.480. The normalized spacial score (nSPS) is 24.1. The highest BCUT2D eigenvalue weighted by molar-refractivity contribution is 5.73. The number of aliphatic hydroxyl groups excluding tert-OH is 4. The molecule has 4 unspecified atom stereocenters. The van der Waals surface area contributed by atoms with Crippen LogP contribution in [0.3, 0.4) is 0 Å². The number of nitrogens with one attached hydrogen (secondary N) is 2. The minimum atomic E-state index is -1.01.